The normalized spacial score (nSPS) is 26.5. The fraction of sp³-hybridized carbons (Fsp3) is 0.583. The van der Waals surface area contributed by atoms with Crippen molar-refractivity contribution in [2.24, 2.45) is 5.92 Å². The third-order valence-electron chi connectivity index (χ3n) is 7.04. The fourth-order valence-electron chi connectivity index (χ4n) is 5.21. The molecule has 5 unspecified atom stereocenters. The van der Waals surface area contributed by atoms with Gasteiger partial charge in [-0.3, -0.25) is 0 Å². The van der Waals surface area contributed by atoms with Crippen LogP contribution in [0.5, 0.6) is 0 Å². The second kappa shape index (κ2) is 10.0. The summed E-state index contributed by atoms with van der Waals surface area (Å²) in [5.74, 6) is -0.114. The topological polar surface area (TPSA) is 73.3 Å². The van der Waals surface area contributed by atoms with Gasteiger partial charge in [0.1, 0.15) is 6.33 Å². The number of anilines is 2. The molecule has 1 aromatic heterocycles. The largest absolute Gasteiger partial charge is 0.416 e. The van der Waals surface area contributed by atoms with Gasteiger partial charge in [0.25, 0.3) is 0 Å². The molecule has 2 saturated heterocycles. The molecule has 0 radical (unpaired) electrons. The average Bonchev–Trinajstić information content (AvgIpc) is 3.27. The minimum Gasteiger partial charge on any atom is -0.393 e. The Balaban J connectivity index is 1.45. The maximum Gasteiger partial charge on any atom is 0.416 e. The van der Waals surface area contributed by atoms with Crippen molar-refractivity contribution in [2.45, 2.75) is 69.9 Å². The molecule has 0 aliphatic carbocycles. The summed E-state index contributed by atoms with van der Waals surface area (Å²) < 4.78 is 54.2. The summed E-state index contributed by atoms with van der Waals surface area (Å²) in [6.07, 6.45) is -0.236. The van der Waals surface area contributed by atoms with Crippen molar-refractivity contribution in [3.8, 4) is 0 Å². The van der Waals surface area contributed by atoms with Gasteiger partial charge in [-0.15, -0.1) is 0 Å². The van der Waals surface area contributed by atoms with E-state index in [1.54, 1.807) is 11.8 Å². The minimum atomic E-state index is -4.39. The van der Waals surface area contributed by atoms with Crippen molar-refractivity contribution >= 4 is 11.6 Å². The summed E-state index contributed by atoms with van der Waals surface area (Å²) >= 11 is 0. The van der Waals surface area contributed by atoms with E-state index in [9.17, 15) is 18.3 Å². The molecule has 3 heterocycles. The van der Waals surface area contributed by atoms with Crippen molar-refractivity contribution < 1.29 is 22.7 Å². The summed E-state index contributed by atoms with van der Waals surface area (Å²) in [4.78, 5) is 10.0. The van der Waals surface area contributed by atoms with E-state index in [-0.39, 0.29) is 41.8 Å². The number of aliphatic hydroxyl groups excluding tert-OH is 1. The van der Waals surface area contributed by atoms with Gasteiger partial charge in [0.05, 0.1) is 17.7 Å². The Kier molecular flexibility index (Phi) is 7.28. The highest BCUT2D eigenvalue weighted by Crippen LogP contribution is 2.38. The van der Waals surface area contributed by atoms with Crippen molar-refractivity contribution in [3.05, 3.63) is 47.5 Å². The maximum absolute atomic E-state index is 15.4. The SMILES string of the molecule is CC(O)C1CCC(CNc2ncnc(N3CCCC3c3ccc(C(F)(F)F)cc3)c2F)NC1C. The molecule has 4 rings (SSSR count). The number of aromatic nitrogens is 2. The number of nitrogens with zero attached hydrogens (tertiary/aromatic N) is 3. The lowest BCUT2D eigenvalue weighted by Crippen LogP contribution is -2.51. The van der Waals surface area contributed by atoms with Gasteiger partial charge in [-0.1, -0.05) is 12.1 Å². The highest BCUT2D eigenvalue weighted by atomic mass is 19.4. The highest BCUT2D eigenvalue weighted by molar-refractivity contribution is 5.53. The van der Waals surface area contributed by atoms with Crippen LogP contribution in [0.2, 0.25) is 0 Å². The van der Waals surface area contributed by atoms with Crippen LogP contribution in [-0.4, -0.2) is 46.4 Å². The predicted octanol–water partition coefficient (Wildman–Crippen LogP) is 4.53. The molecule has 10 heteroatoms. The monoisotopic (exact) mass is 481 g/mol. The zero-order valence-corrected chi connectivity index (χ0v) is 19.3. The number of hydrogen-bond acceptors (Lipinski definition) is 6. The molecule has 2 aliphatic rings. The molecule has 186 valence electrons. The second-order valence-corrected chi connectivity index (χ2v) is 9.35. The number of benzene rings is 1. The first-order valence-electron chi connectivity index (χ1n) is 11.8. The van der Waals surface area contributed by atoms with Gasteiger partial charge in [-0.05, 0) is 63.1 Å². The van der Waals surface area contributed by atoms with E-state index in [0.717, 1.165) is 31.4 Å². The molecule has 0 amide bonds. The number of alkyl halides is 3. The number of hydrogen-bond donors (Lipinski definition) is 3. The average molecular weight is 482 g/mol. The third kappa shape index (κ3) is 5.27. The summed E-state index contributed by atoms with van der Waals surface area (Å²) in [7, 11) is 0. The smallest absolute Gasteiger partial charge is 0.393 e. The zero-order chi connectivity index (χ0) is 24.5. The molecular formula is C24H31F4N5O. The van der Waals surface area contributed by atoms with E-state index in [4.69, 9.17) is 0 Å². The van der Waals surface area contributed by atoms with Crippen LogP contribution >= 0.6 is 0 Å². The molecule has 2 aromatic rings. The fourth-order valence-corrected chi connectivity index (χ4v) is 5.21. The van der Waals surface area contributed by atoms with E-state index < -0.39 is 17.6 Å². The number of rotatable bonds is 6. The molecule has 2 aliphatic heterocycles. The van der Waals surface area contributed by atoms with Crippen LogP contribution in [0.15, 0.2) is 30.6 Å². The molecule has 5 atom stereocenters. The Labute approximate surface area is 196 Å². The van der Waals surface area contributed by atoms with E-state index in [1.807, 2.05) is 6.92 Å². The van der Waals surface area contributed by atoms with Gasteiger partial charge < -0.3 is 20.6 Å². The van der Waals surface area contributed by atoms with Gasteiger partial charge in [-0.25, -0.2) is 9.97 Å². The lowest BCUT2D eigenvalue weighted by atomic mass is 9.85. The Hall–Kier alpha value is -2.46. The van der Waals surface area contributed by atoms with E-state index >= 15 is 4.39 Å². The second-order valence-electron chi connectivity index (χ2n) is 9.35. The number of aliphatic hydroxyl groups is 1. The van der Waals surface area contributed by atoms with E-state index in [1.165, 1.54) is 18.5 Å². The van der Waals surface area contributed by atoms with Crippen molar-refractivity contribution in [1.82, 2.24) is 15.3 Å². The summed E-state index contributed by atoms with van der Waals surface area (Å²) in [5, 5.41) is 16.4. The van der Waals surface area contributed by atoms with Crippen molar-refractivity contribution in [1.29, 1.82) is 0 Å². The van der Waals surface area contributed by atoms with Crippen LogP contribution in [-0.2, 0) is 6.18 Å². The van der Waals surface area contributed by atoms with Gasteiger partial charge in [0, 0.05) is 25.2 Å². The summed E-state index contributed by atoms with van der Waals surface area (Å²) in [5.41, 5.74) is -0.00279. The molecule has 3 N–H and O–H groups in total. The first kappa shape index (κ1) is 24.7. The lowest BCUT2D eigenvalue weighted by Gasteiger charge is -2.37. The minimum absolute atomic E-state index is 0.107. The van der Waals surface area contributed by atoms with E-state index in [2.05, 4.69) is 20.6 Å². The summed E-state index contributed by atoms with van der Waals surface area (Å²) in [6, 6.07) is 5.07. The van der Waals surface area contributed by atoms with Crippen LogP contribution in [0.25, 0.3) is 0 Å². The Morgan fingerprint density at radius 1 is 1.18 bits per heavy atom. The van der Waals surface area contributed by atoms with Gasteiger partial charge in [0.15, 0.2) is 11.6 Å². The van der Waals surface area contributed by atoms with Crippen molar-refractivity contribution in [3.63, 3.8) is 0 Å². The first-order chi connectivity index (χ1) is 16.1. The van der Waals surface area contributed by atoms with Crippen LogP contribution in [0.1, 0.15) is 56.7 Å². The molecule has 2 fully saturated rings. The molecule has 0 saturated carbocycles. The van der Waals surface area contributed by atoms with Crippen molar-refractivity contribution in [2.75, 3.05) is 23.3 Å². The Morgan fingerprint density at radius 2 is 1.91 bits per heavy atom. The molecule has 6 nitrogen and oxygen atoms in total. The highest BCUT2D eigenvalue weighted by Gasteiger charge is 2.34. The number of halogens is 4. The maximum atomic E-state index is 15.4. The predicted molar refractivity (Wildman–Crippen MR) is 122 cm³/mol. The Bertz CT molecular complexity index is 969. The molecule has 0 spiro atoms. The van der Waals surface area contributed by atoms with Gasteiger partial charge in [-0.2, -0.15) is 17.6 Å². The zero-order valence-electron chi connectivity index (χ0n) is 19.3. The summed E-state index contributed by atoms with van der Waals surface area (Å²) in [6.45, 7) is 4.88. The standard InChI is InChI=1S/C24H31F4N5O/c1-14-19(15(2)34)10-9-18(32-14)12-29-22-21(25)23(31-13-30-22)33-11-3-4-20(33)16-5-7-17(8-6-16)24(26,27)28/h5-8,13-15,18-20,32,34H,3-4,9-12H2,1-2H3,(H,29,30,31). The van der Waals surface area contributed by atoms with Crippen LogP contribution in [0.3, 0.4) is 0 Å². The van der Waals surface area contributed by atoms with Gasteiger partial charge in [0.2, 0.25) is 5.82 Å². The third-order valence-corrected chi connectivity index (χ3v) is 7.04. The lowest BCUT2D eigenvalue weighted by molar-refractivity contribution is -0.137. The number of nitrogens with one attached hydrogen (secondary N) is 2. The molecular weight excluding hydrogens is 450 g/mol. The van der Waals surface area contributed by atoms with E-state index in [0.29, 0.717) is 25.1 Å². The van der Waals surface area contributed by atoms with Crippen LogP contribution < -0.4 is 15.5 Å². The molecule has 34 heavy (non-hydrogen) atoms. The number of piperidine rings is 1. The van der Waals surface area contributed by atoms with Crippen LogP contribution in [0, 0.1) is 11.7 Å². The van der Waals surface area contributed by atoms with Gasteiger partial charge >= 0.3 is 6.18 Å². The molecule has 1 aromatic carbocycles. The molecule has 0 bridgehead atoms. The Morgan fingerprint density at radius 3 is 2.56 bits per heavy atom. The first-order valence-corrected chi connectivity index (χ1v) is 11.8. The quantitative estimate of drug-likeness (QED) is 0.527. The van der Waals surface area contributed by atoms with Crippen LogP contribution in [0.4, 0.5) is 29.2 Å².